The lowest BCUT2D eigenvalue weighted by molar-refractivity contribution is 0.545. The largest absolute Gasteiger partial charge is 0.0882 e. The Bertz CT molecular complexity index is 363. The van der Waals surface area contributed by atoms with Gasteiger partial charge in [-0.3, -0.25) is 0 Å². The number of unbranched alkanes of at least 4 members (excludes halogenated alkanes) is 12. The van der Waals surface area contributed by atoms with Crippen LogP contribution in [0.3, 0.4) is 0 Å². The number of hydrogen-bond acceptors (Lipinski definition) is 0. The van der Waals surface area contributed by atoms with Gasteiger partial charge in [-0.2, -0.15) is 0 Å². The van der Waals surface area contributed by atoms with Crippen molar-refractivity contribution in [1.82, 2.24) is 0 Å². The Morgan fingerprint density at radius 2 is 1.13 bits per heavy atom. The molecule has 0 saturated heterocycles. The molecule has 0 heterocycles. The van der Waals surface area contributed by atoms with Crippen LogP contribution in [0.4, 0.5) is 0 Å². The molecule has 0 amide bonds. The summed E-state index contributed by atoms with van der Waals surface area (Å²) in [7, 11) is 0. The zero-order valence-electron chi connectivity index (χ0n) is 15.4. The minimum Gasteiger partial charge on any atom is -0.0882 e. The summed E-state index contributed by atoms with van der Waals surface area (Å²) in [4.78, 5) is 0. The van der Waals surface area contributed by atoms with E-state index in [2.05, 4.69) is 49.4 Å². The first-order valence-corrected chi connectivity index (χ1v) is 10.1. The molecule has 0 N–H and O–H groups in total. The third kappa shape index (κ3) is 13.1. The molecule has 0 atom stereocenters. The summed E-state index contributed by atoms with van der Waals surface area (Å²) in [6, 6.07) is 10.7. The van der Waals surface area contributed by atoms with Crippen LogP contribution < -0.4 is 0 Å². The maximum absolute atomic E-state index is 2.36. The number of rotatable bonds is 15. The van der Waals surface area contributed by atoms with Crippen molar-refractivity contribution in [3.8, 4) is 0 Å². The molecule has 0 heteroatoms. The summed E-state index contributed by atoms with van der Waals surface area (Å²) in [6.07, 6.45) is 24.2. The van der Waals surface area contributed by atoms with Gasteiger partial charge in [0.1, 0.15) is 0 Å². The van der Waals surface area contributed by atoms with Gasteiger partial charge >= 0.3 is 0 Å². The second-order valence-electron chi connectivity index (χ2n) is 6.84. The second-order valence-corrected chi connectivity index (χ2v) is 6.84. The van der Waals surface area contributed by atoms with Gasteiger partial charge in [0, 0.05) is 0 Å². The summed E-state index contributed by atoms with van der Waals surface area (Å²) >= 11 is 0. The standard InChI is InChI=1S/C23H38/c1-2-3-4-5-6-7-8-9-10-11-12-13-14-15-17-20-23-21-18-16-19-22-23/h15-19,21-22H,2-14,20H2,1H3. The van der Waals surface area contributed by atoms with Crippen molar-refractivity contribution in [2.24, 2.45) is 0 Å². The molecule has 0 fully saturated rings. The molecule has 0 aliphatic carbocycles. The van der Waals surface area contributed by atoms with E-state index < -0.39 is 0 Å². The van der Waals surface area contributed by atoms with Crippen LogP contribution in [-0.2, 0) is 6.42 Å². The number of allylic oxidation sites excluding steroid dienone is 2. The zero-order valence-corrected chi connectivity index (χ0v) is 15.4. The molecule has 0 aliphatic heterocycles. The highest BCUT2D eigenvalue weighted by Gasteiger charge is 1.93. The molecule has 0 bridgehead atoms. The lowest BCUT2D eigenvalue weighted by atomic mass is 10.0. The molecule has 0 radical (unpaired) electrons. The molecule has 130 valence electrons. The van der Waals surface area contributed by atoms with Gasteiger partial charge in [-0.15, -0.1) is 0 Å². The molecule has 0 aliphatic rings. The van der Waals surface area contributed by atoms with Gasteiger partial charge in [0.05, 0.1) is 0 Å². The van der Waals surface area contributed by atoms with Crippen LogP contribution in [0, 0.1) is 0 Å². The number of benzene rings is 1. The van der Waals surface area contributed by atoms with Gasteiger partial charge in [0.15, 0.2) is 0 Å². The summed E-state index contributed by atoms with van der Waals surface area (Å²) in [5.41, 5.74) is 1.42. The Hall–Kier alpha value is -1.04. The average molecular weight is 315 g/mol. The predicted octanol–water partition coefficient (Wildman–Crippen LogP) is 7.88. The molecule has 0 aromatic heterocycles. The van der Waals surface area contributed by atoms with Crippen molar-refractivity contribution < 1.29 is 0 Å². The van der Waals surface area contributed by atoms with E-state index in [1.165, 1.54) is 89.0 Å². The monoisotopic (exact) mass is 314 g/mol. The SMILES string of the molecule is CCCCCCCCCCCCCCC=CCc1ccccc1. The lowest BCUT2D eigenvalue weighted by Crippen LogP contribution is -1.82. The molecule has 1 rings (SSSR count). The first-order chi connectivity index (χ1) is 11.4. The highest BCUT2D eigenvalue weighted by atomic mass is 14.0. The quantitative estimate of drug-likeness (QED) is 0.228. The summed E-state index contributed by atoms with van der Waals surface area (Å²) < 4.78 is 0. The molecule has 1 aromatic carbocycles. The maximum atomic E-state index is 2.36. The first kappa shape index (κ1) is 20.0. The topological polar surface area (TPSA) is 0 Å². The fraction of sp³-hybridized carbons (Fsp3) is 0.652. The molecular formula is C23H38. The van der Waals surface area contributed by atoms with Crippen LogP contribution in [0.25, 0.3) is 0 Å². The van der Waals surface area contributed by atoms with E-state index in [0.717, 1.165) is 6.42 Å². The first-order valence-electron chi connectivity index (χ1n) is 10.1. The van der Waals surface area contributed by atoms with Crippen LogP contribution >= 0.6 is 0 Å². The Balaban J connectivity index is 1.78. The Morgan fingerprint density at radius 3 is 1.70 bits per heavy atom. The van der Waals surface area contributed by atoms with E-state index in [-0.39, 0.29) is 0 Å². The van der Waals surface area contributed by atoms with E-state index in [0.29, 0.717) is 0 Å². The van der Waals surface area contributed by atoms with Crippen LogP contribution in [0.2, 0.25) is 0 Å². The highest BCUT2D eigenvalue weighted by molar-refractivity contribution is 5.17. The van der Waals surface area contributed by atoms with Crippen LogP contribution in [0.1, 0.15) is 96.0 Å². The van der Waals surface area contributed by atoms with Crippen LogP contribution in [0.15, 0.2) is 42.5 Å². The van der Waals surface area contributed by atoms with Crippen LogP contribution in [0.5, 0.6) is 0 Å². The van der Waals surface area contributed by atoms with E-state index in [9.17, 15) is 0 Å². The van der Waals surface area contributed by atoms with E-state index >= 15 is 0 Å². The van der Waals surface area contributed by atoms with Gasteiger partial charge in [0.25, 0.3) is 0 Å². The molecular weight excluding hydrogens is 276 g/mol. The second kappa shape index (κ2) is 15.8. The van der Waals surface area contributed by atoms with Crippen molar-refractivity contribution in [1.29, 1.82) is 0 Å². The third-order valence-corrected chi connectivity index (χ3v) is 4.59. The average Bonchev–Trinajstić information content (AvgIpc) is 2.59. The van der Waals surface area contributed by atoms with Gasteiger partial charge in [0.2, 0.25) is 0 Å². The molecule has 1 aromatic rings. The highest BCUT2D eigenvalue weighted by Crippen LogP contribution is 2.12. The van der Waals surface area contributed by atoms with E-state index in [1.54, 1.807) is 0 Å². The van der Waals surface area contributed by atoms with Gasteiger partial charge in [-0.1, -0.05) is 120 Å². The van der Waals surface area contributed by atoms with E-state index in [4.69, 9.17) is 0 Å². The third-order valence-electron chi connectivity index (χ3n) is 4.59. The Morgan fingerprint density at radius 1 is 0.609 bits per heavy atom. The summed E-state index contributed by atoms with van der Waals surface area (Å²) in [6.45, 7) is 2.29. The van der Waals surface area contributed by atoms with Gasteiger partial charge in [-0.25, -0.2) is 0 Å². The zero-order chi connectivity index (χ0) is 16.4. The smallest absolute Gasteiger partial charge is 0.00975 e. The van der Waals surface area contributed by atoms with Crippen molar-refractivity contribution in [3.63, 3.8) is 0 Å². The number of hydrogen-bond donors (Lipinski definition) is 0. The van der Waals surface area contributed by atoms with Crippen molar-refractivity contribution in [2.75, 3.05) is 0 Å². The van der Waals surface area contributed by atoms with Crippen LogP contribution in [-0.4, -0.2) is 0 Å². The fourth-order valence-electron chi connectivity index (χ4n) is 3.05. The minimum absolute atomic E-state index is 1.08. The van der Waals surface area contributed by atoms with Crippen molar-refractivity contribution in [2.45, 2.75) is 96.8 Å². The molecule has 0 unspecified atom stereocenters. The Labute approximate surface area is 145 Å². The van der Waals surface area contributed by atoms with Crippen molar-refractivity contribution in [3.05, 3.63) is 48.0 Å². The summed E-state index contributed by atoms with van der Waals surface area (Å²) in [5.74, 6) is 0. The van der Waals surface area contributed by atoms with Gasteiger partial charge < -0.3 is 0 Å². The van der Waals surface area contributed by atoms with E-state index in [1.807, 2.05) is 0 Å². The normalized spacial score (nSPS) is 11.3. The lowest BCUT2D eigenvalue weighted by Gasteiger charge is -2.02. The maximum Gasteiger partial charge on any atom is -0.00975 e. The molecule has 0 saturated carbocycles. The van der Waals surface area contributed by atoms with Crippen molar-refractivity contribution >= 4 is 0 Å². The molecule has 23 heavy (non-hydrogen) atoms. The molecule has 0 spiro atoms. The van der Waals surface area contributed by atoms with Gasteiger partial charge in [-0.05, 0) is 24.8 Å². The fourth-order valence-corrected chi connectivity index (χ4v) is 3.05. The molecule has 0 nitrogen and oxygen atoms in total. The minimum atomic E-state index is 1.08. The summed E-state index contributed by atoms with van der Waals surface area (Å²) in [5, 5.41) is 0. The Kier molecular flexibility index (Phi) is 13.8. The predicted molar refractivity (Wildman–Crippen MR) is 105 cm³/mol.